The number of para-hydroxylation sites is 1. The van der Waals surface area contributed by atoms with E-state index < -0.39 is 21.4 Å². The monoisotopic (exact) mass is 320 g/mol. The Morgan fingerprint density at radius 3 is 2.33 bits per heavy atom. The molecule has 0 aliphatic heterocycles. The first kappa shape index (κ1) is 18.1. The molecule has 2 rings (SSSR count). The molecule has 0 aromatic heterocycles. The van der Waals surface area contributed by atoms with Crippen LogP contribution in [0.1, 0.15) is 11.0 Å². The van der Waals surface area contributed by atoms with E-state index in [0.29, 0.717) is 5.75 Å². The molecule has 1 atom stereocenters. The molecule has 0 aliphatic carbocycles. The van der Waals surface area contributed by atoms with Crippen LogP contribution in [0.15, 0.2) is 48.5 Å². The van der Waals surface area contributed by atoms with Crippen LogP contribution < -0.4 is 34.3 Å². The van der Waals surface area contributed by atoms with Crippen molar-refractivity contribution in [1.82, 2.24) is 0 Å². The van der Waals surface area contributed by atoms with Crippen molar-refractivity contribution in [3.05, 3.63) is 59.9 Å². The smallest absolute Gasteiger partial charge is 0.746 e. The van der Waals surface area contributed by atoms with E-state index in [-0.39, 0.29) is 40.9 Å². The van der Waals surface area contributed by atoms with Gasteiger partial charge in [-0.15, -0.1) is 0 Å². The first-order valence-electron chi connectivity index (χ1n) is 5.53. The van der Waals surface area contributed by atoms with Crippen LogP contribution in [0.3, 0.4) is 0 Å². The molecular weight excluding hydrogens is 310 g/mol. The molecular formula is C13H10FNaO5S. The van der Waals surface area contributed by atoms with Crippen molar-refractivity contribution in [1.29, 1.82) is 0 Å². The van der Waals surface area contributed by atoms with Gasteiger partial charge in [-0.1, -0.05) is 24.3 Å². The number of hydrogen-bond donors (Lipinski definition) is 1. The standard InChI is InChI=1S/C13H11FO5S.Na/c14-11-7-6-9(13(15)20(16,17)18)8-12(11)19-10-4-2-1-3-5-10;/h1-8,13,15H,(H,16,17,18);/q;+1/p-1. The number of aliphatic hydroxyl groups excluding tert-OH is 1. The molecule has 0 radical (unpaired) electrons. The summed E-state index contributed by atoms with van der Waals surface area (Å²) in [6.45, 7) is 0. The molecule has 0 spiro atoms. The van der Waals surface area contributed by atoms with Crippen LogP contribution in [-0.2, 0) is 10.1 Å². The molecule has 2 aromatic rings. The Balaban J connectivity index is 0.00000220. The van der Waals surface area contributed by atoms with Gasteiger partial charge < -0.3 is 14.4 Å². The predicted octanol–water partition coefficient (Wildman–Crippen LogP) is -0.842. The summed E-state index contributed by atoms with van der Waals surface area (Å²) >= 11 is 0. The molecule has 0 saturated carbocycles. The van der Waals surface area contributed by atoms with Gasteiger partial charge >= 0.3 is 29.6 Å². The summed E-state index contributed by atoms with van der Waals surface area (Å²) in [5.41, 5.74) is -2.52. The average molecular weight is 320 g/mol. The minimum Gasteiger partial charge on any atom is -0.746 e. The van der Waals surface area contributed by atoms with Crippen molar-refractivity contribution in [2.75, 3.05) is 0 Å². The average Bonchev–Trinajstić information content (AvgIpc) is 2.40. The van der Waals surface area contributed by atoms with E-state index in [1.165, 1.54) is 0 Å². The second kappa shape index (κ2) is 7.35. The zero-order valence-electron chi connectivity index (χ0n) is 11.1. The predicted molar refractivity (Wildman–Crippen MR) is 67.6 cm³/mol. The number of ether oxygens (including phenoxy) is 1. The van der Waals surface area contributed by atoms with Gasteiger partial charge in [0.05, 0.1) is 0 Å². The van der Waals surface area contributed by atoms with Gasteiger partial charge in [-0.05, 0) is 29.8 Å². The van der Waals surface area contributed by atoms with Crippen molar-refractivity contribution in [3.63, 3.8) is 0 Å². The molecule has 0 heterocycles. The maximum atomic E-state index is 13.6. The van der Waals surface area contributed by atoms with Crippen LogP contribution in [0.2, 0.25) is 0 Å². The summed E-state index contributed by atoms with van der Waals surface area (Å²) in [6, 6.07) is 11.1. The fourth-order valence-electron chi connectivity index (χ4n) is 1.53. The number of halogens is 1. The normalized spacial score (nSPS) is 12.3. The second-order valence-corrected chi connectivity index (χ2v) is 5.38. The van der Waals surface area contributed by atoms with Crippen molar-refractivity contribution in [2.24, 2.45) is 0 Å². The van der Waals surface area contributed by atoms with Crippen molar-refractivity contribution in [3.8, 4) is 11.5 Å². The van der Waals surface area contributed by atoms with Gasteiger partial charge in [0.15, 0.2) is 17.0 Å². The van der Waals surface area contributed by atoms with Gasteiger partial charge in [0.1, 0.15) is 15.9 Å². The second-order valence-electron chi connectivity index (χ2n) is 3.95. The summed E-state index contributed by atoms with van der Waals surface area (Å²) in [5, 5.41) is 9.36. The third-order valence-corrected chi connectivity index (χ3v) is 3.30. The molecule has 0 bridgehead atoms. The largest absolute Gasteiger partial charge is 1.00 e. The molecule has 106 valence electrons. The molecule has 1 unspecified atom stereocenters. The van der Waals surface area contributed by atoms with Crippen LogP contribution >= 0.6 is 0 Å². The van der Waals surface area contributed by atoms with Crippen LogP contribution in [0.25, 0.3) is 0 Å². The molecule has 2 aromatic carbocycles. The number of benzene rings is 2. The van der Waals surface area contributed by atoms with E-state index in [9.17, 15) is 22.5 Å². The minimum atomic E-state index is -4.93. The molecule has 0 aliphatic rings. The fraction of sp³-hybridized carbons (Fsp3) is 0.0769. The zero-order chi connectivity index (χ0) is 14.8. The van der Waals surface area contributed by atoms with Crippen molar-refractivity contribution in [2.45, 2.75) is 5.44 Å². The van der Waals surface area contributed by atoms with Gasteiger partial charge in [-0.3, -0.25) is 0 Å². The summed E-state index contributed by atoms with van der Waals surface area (Å²) in [6.07, 6.45) is 0. The SMILES string of the molecule is O=S(=O)([O-])C(O)c1ccc(F)c(Oc2ccccc2)c1.[Na+]. The quantitative estimate of drug-likeness (QED) is 0.586. The van der Waals surface area contributed by atoms with Gasteiger partial charge in [-0.25, -0.2) is 12.8 Å². The Morgan fingerprint density at radius 1 is 1.14 bits per heavy atom. The molecule has 21 heavy (non-hydrogen) atoms. The van der Waals surface area contributed by atoms with Gasteiger partial charge in [-0.2, -0.15) is 0 Å². The van der Waals surface area contributed by atoms with E-state index in [1.54, 1.807) is 30.3 Å². The maximum Gasteiger partial charge on any atom is 1.00 e. The fourth-order valence-corrected chi connectivity index (χ4v) is 2.01. The molecule has 0 saturated heterocycles. The number of rotatable bonds is 4. The summed E-state index contributed by atoms with van der Waals surface area (Å²) in [7, 11) is -4.93. The van der Waals surface area contributed by atoms with Crippen LogP contribution in [0.5, 0.6) is 11.5 Å². The first-order chi connectivity index (χ1) is 9.38. The Kier molecular flexibility index (Phi) is 6.33. The first-order valence-corrected chi connectivity index (χ1v) is 7.00. The van der Waals surface area contributed by atoms with Crippen LogP contribution in [-0.4, -0.2) is 18.1 Å². The van der Waals surface area contributed by atoms with Gasteiger partial charge in [0.25, 0.3) is 0 Å². The Morgan fingerprint density at radius 2 is 1.76 bits per heavy atom. The maximum absolute atomic E-state index is 13.6. The number of aliphatic hydroxyl groups is 1. The van der Waals surface area contributed by atoms with E-state index in [2.05, 4.69) is 0 Å². The van der Waals surface area contributed by atoms with E-state index in [1.807, 2.05) is 0 Å². The topological polar surface area (TPSA) is 86.7 Å². The molecule has 5 nitrogen and oxygen atoms in total. The molecule has 0 amide bonds. The third-order valence-electron chi connectivity index (χ3n) is 2.48. The Bertz CT molecular complexity index is 706. The third kappa shape index (κ3) is 4.77. The van der Waals surface area contributed by atoms with Crippen LogP contribution in [0.4, 0.5) is 4.39 Å². The van der Waals surface area contributed by atoms with Gasteiger partial charge in [0, 0.05) is 0 Å². The minimum absolute atomic E-state index is 0. The van der Waals surface area contributed by atoms with E-state index in [4.69, 9.17) is 4.74 Å². The summed E-state index contributed by atoms with van der Waals surface area (Å²) in [4.78, 5) is 0. The van der Waals surface area contributed by atoms with E-state index in [0.717, 1.165) is 18.2 Å². The van der Waals surface area contributed by atoms with Crippen molar-refractivity contribution < 1.29 is 56.8 Å². The van der Waals surface area contributed by atoms with Crippen LogP contribution in [0, 0.1) is 5.82 Å². The zero-order valence-corrected chi connectivity index (χ0v) is 13.9. The van der Waals surface area contributed by atoms with Crippen molar-refractivity contribution >= 4 is 10.1 Å². The van der Waals surface area contributed by atoms with E-state index >= 15 is 0 Å². The number of hydrogen-bond acceptors (Lipinski definition) is 5. The Labute approximate surface area is 143 Å². The molecule has 0 fully saturated rings. The molecule has 1 N–H and O–H groups in total. The molecule has 8 heteroatoms. The Hall–Kier alpha value is -0.960. The summed E-state index contributed by atoms with van der Waals surface area (Å²) < 4.78 is 51.0. The van der Waals surface area contributed by atoms with Gasteiger partial charge in [0.2, 0.25) is 0 Å². The summed E-state index contributed by atoms with van der Waals surface area (Å²) in [5.74, 6) is -0.687.